The van der Waals surface area contributed by atoms with E-state index in [0.29, 0.717) is 5.69 Å². The normalized spacial score (nSPS) is 10.5. The van der Waals surface area contributed by atoms with Gasteiger partial charge in [0, 0.05) is 10.3 Å². The lowest BCUT2D eigenvalue weighted by atomic mass is 10.2. The van der Waals surface area contributed by atoms with Crippen LogP contribution in [0.4, 0.5) is 5.69 Å². The quantitative estimate of drug-likeness (QED) is 0.898. The van der Waals surface area contributed by atoms with Crippen molar-refractivity contribution >= 4 is 34.3 Å². The number of rotatable bonds is 3. The number of hydrogen-bond acceptors (Lipinski definition) is 5. The number of hydrogen-bond donors (Lipinski definition) is 2. The van der Waals surface area contributed by atoms with E-state index < -0.39 is 5.97 Å². The van der Waals surface area contributed by atoms with Crippen LogP contribution in [0.1, 0.15) is 15.2 Å². The van der Waals surface area contributed by atoms with Gasteiger partial charge in [0.25, 0.3) is 0 Å². The molecule has 0 saturated carbocycles. The Morgan fingerprint density at radius 2 is 2.24 bits per heavy atom. The summed E-state index contributed by atoms with van der Waals surface area (Å²) in [5.74, 6) is -0.210. The minimum Gasteiger partial charge on any atom is -0.496 e. The van der Waals surface area contributed by atoms with Gasteiger partial charge in [0.15, 0.2) is 0 Å². The van der Waals surface area contributed by atoms with Gasteiger partial charge in [0.05, 0.1) is 17.7 Å². The van der Waals surface area contributed by atoms with Crippen LogP contribution < -0.4 is 10.5 Å². The first-order valence-corrected chi connectivity index (χ1v) is 6.49. The van der Waals surface area contributed by atoms with Crippen molar-refractivity contribution in [3.63, 3.8) is 0 Å². The molecule has 0 spiro atoms. The number of nitrogens with two attached hydrogens (primary N) is 1. The maximum atomic E-state index is 11.0. The van der Waals surface area contributed by atoms with Gasteiger partial charge in [-0.3, -0.25) is 0 Å². The van der Waals surface area contributed by atoms with Crippen molar-refractivity contribution in [2.24, 2.45) is 0 Å². The van der Waals surface area contributed by atoms with Crippen LogP contribution in [0, 0.1) is 6.92 Å². The Balaban J connectivity index is 2.52. The summed E-state index contributed by atoms with van der Waals surface area (Å²) in [6.45, 7) is 1.83. The van der Waals surface area contributed by atoms with Gasteiger partial charge in [-0.15, -0.1) is 22.7 Å². The highest BCUT2D eigenvalue weighted by Gasteiger charge is 2.19. The average Bonchev–Trinajstić information content (AvgIpc) is 2.86. The predicted molar refractivity (Wildman–Crippen MR) is 70.3 cm³/mol. The Labute approximate surface area is 106 Å². The molecule has 90 valence electrons. The van der Waals surface area contributed by atoms with Crippen LogP contribution in [0.2, 0.25) is 0 Å². The number of carboxylic acids is 1. The van der Waals surface area contributed by atoms with Crippen LogP contribution in [0.15, 0.2) is 11.4 Å². The third-order valence-corrected chi connectivity index (χ3v) is 4.81. The lowest BCUT2D eigenvalue weighted by Crippen LogP contribution is -1.97. The zero-order chi connectivity index (χ0) is 12.6. The maximum Gasteiger partial charge on any atom is 0.348 e. The van der Waals surface area contributed by atoms with E-state index in [1.165, 1.54) is 22.7 Å². The van der Waals surface area contributed by atoms with Crippen molar-refractivity contribution in [1.29, 1.82) is 0 Å². The van der Waals surface area contributed by atoms with E-state index in [-0.39, 0.29) is 4.88 Å². The molecule has 0 aromatic carbocycles. The molecule has 0 aliphatic rings. The van der Waals surface area contributed by atoms with Gasteiger partial charge in [0.1, 0.15) is 10.6 Å². The van der Waals surface area contributed by atoms with Crippen LogP contribution in [0.25, 0.3) is 9.75 Å². The van der Waals surface area contributed by atoms with Gasteiger partial charge in [-0.2, -0.15) is 0 Å². The van der Waals surface area contributed by atoms with Crippen LogP contribution in [0.5, 0.6) is 5.75 Å². The molecule has 0 saturated heterocycles. The fourth-order valence-electron chi connectivity index (χ4n) is 1.47. The van der Waals surface area contributed by atoms with E-state index in [2.05, 4.69) is 0 Å². The number of anilines is 1. The van der Waals surface area contributed by atoms with E-state index >= 15 is 0 Å². The molecule has 2 rings (SSSR count). The second-order valence-corrected chi connectivity index (χ2v) is 5.39. The second-order valence-electron chi connectivity index (χ2n) is 3.45. The molecule has 4 nitrogen and oxygen atoms in total. The van der Waals surface area contributed by atoms with Gasteiger partial charge in [-0.1, -0.05) is 0 Å². The van der Waals surface area contributed by atoms with Gasteiger partial charge in [-0.25, -0.2) is 4.79 Å². The summed E-state index contributed by atoms with van der Waals surface area (Å²) in [5, 5.41) is 10.9. The number of nitrogen functional groups attached to an aromatic ring is 1. The number of methoxy groups -OCH3 is 1. The van der Waals surface area contributed by atoms with E-state index in [9.17, 15) is 4.79 Å². The van der Waals surface area contributed by atoms with Gasteiger partial charge < -0.3 is 15.6 Å². The molecule has 0 fully saturated rings. The molecule has 2 aromatic rings. The van der Waals surface area contributed by atoms with Gasteiger partial charge >= 0.3 is 5.97 Å². The monoisotopic (exact) mass is 269 g/mol. The highest BCUT2D eigenvalue weighted by Crippen LogP contribution is 2.41. The predicted octanol–water partition coefficient (Wildman–Crippen LogP) is 3.07. The molecular formula is C11H11NO3S2. The zero-order valence-corrected chi connectivity index (χ0v) is 10.9. The Morgan fingerprint density at radius 3 is 2.71 bits per heavy atom. The minimum absolute atomic E-state index is 0.199. The van der Waals surface area contributed by atoms with Crippen LogP contribution in [-0.4, -0.2) is 18.2 Å². The van der Waals surface area contributed by atoms with Gasteiger partial charge in [0.2, 0.25) is 0 Å². The van der Waals surface area contributed by atoms with E-state index in [1.54, 1.807) is 7.11 Å². The lowest BCUT2D eigenvalue weighted by Gasteiger charge is -1.95. The molecule has 2 heterocycles. The van der Waals surface area contributed by atoms with Crippen LogP contribution in [-0.2, 0) is 0 Å². The lowest BCUT2D eigenvalue weighted by molar-refractivity contribution is 0.0703. The first kappa shape index (κ1) is 11.9. The summed E-state index contributed by atoms with van der Waals surface area (Å²) in [4.78, 5) is 13.1. The van der Waals surface area contributed by atoms with Crippen molar-refractivity contribution in [3.05, 3.63) is 21.9 Å². The molecule has 0 unspecified atom stereocenters. The summed E-state index contributed by atoms with van der Waals surface area (Å²) >= 11 is 2.71. The van der Waals surface area contributed by atoms with E-state index in [0.717, 1.165) is 21.1 Å². The first-order valence-electron chi connectivity index (χ1n) is 4.79. The Hall–Kier alpha value is -1.53. The third kappa shape index (κ3) is 2.01. The molecule has 0 aliphatic carbocycles. The molecule has 0 bridgehead atoms. The molecule has 0 radical (unpaired) electrons. The molecule has 0 atom stereocenters. The Kier molecular flexibility index (Phi) is 3.08. The summed E-state index contributed by atoms with van der Waals surface area (Å²) in [5.41, 5.74) is 6.95. The van der Waals surface area contributed by atoms with E-state index in [4.69, 9.17) is 15.6 Å². The fourth-order valence-corrected chi connectivity index (χ4v) is 3.56. The second kappa shape index (κ2) is 4.38. The van der Waals surface area contributed by atoms with Crippen molar-refractivity contribution in [2.45, 2.75) is 6.92 Å². The maximum absolute atomic E-state index is 11.0. The number of aromatic carboxylic acids is 1. The molecule has 0 amide bonds. The van der Waals surface area contributed by atoms with Crippen molar-refractivity contribution in [2.75, 3.05) is 12.8 Å². The third-order valence-electron chi connectivity index (χ3n) is 2.42. The van der Waals surface area contributed by atoms with Crippen LogP contribution in [0.3, 0.4) is 0 Å². The van der Waals surface area contributed by atoms with Crippen LogP contribution >= 0.6 is 22.7 Å². The number of carbonyl (C=O) groups is 1. The average molecular weight is 269 g/mol. The summed E-state index contributed by atoms with van der Waals surface area (Å²) in [7, 11) is 1.60. The Bertz CT molecular complexity index is 571. The molecule has 6 heteroatoms. The van der Waals surface area contributed by atoms with Gasteiger partial charge in [-0.05, 0) is 18.6 Å². The molecule has 0 aliphatic heterocycles. The summed E-state index contributed by atoms with van der Waals surface area (Å²) < 4.78 is 5.11. The topological polar surface area (TPSA) is 72.5 Å². The smallest absolute Gasteiger partial charge is 0.348 e. The standard InChI is InChI=1S/C11H11NO3S2/c1-5-8(12)10(11(13)14)17-9(5)7-3-6(15-2)4-16-7/h3-4H,12H2,1-2H3,(H,13,14). The van der Waals surface area contributed by atoms with E-state index in [1.807, 2.05) is 18.4 Å². The highest BCUT2D eigenvalue weighted by molar-refractivity contribution is 7.23. The number of carboxylic acid groups (broad SMARTS) is 1. The SMILES string of the molecule is COc1csc(-c2sc(C(=O)O)c(N)c2C)c1. The Morgan fingerprint density at radius 1 is 1.53 bits per heavy atom. The molecule has 3 N–H and O–H groups in total. The first-order chi connectivity index (χ1) is 8.04. The molecular weight excluding hydrogens is 258 g/mol. The zero-order valence-electron chi connectivity index (χ0n) is 9.31. The van der Waals surface area contributed by atoms with Crippen molar-refractivity contribution < 1.29 is 14.6 Å². The summed E-state index contributed by atoms with van der Waals surface area (Å²) in [6, 6.07) is 1.88. The molecule has 17 heavy (non-hydrogen) atoms. The minimum atomic E-state index is -0.981. The van der Waals surface area contributed by atoms with Crippen molar-refractivity contribution in [1.82, 2.24) is 0 Å². The highest BCUT2D eigenvalue weighted by atomic mass is 32.1. The largest absolute Gasteiger partial charge is 0.496 e. The molecule has 2 aromatic heterocycles. The summed E-state index contributed by atoms with van der Waals surface area (Å²) in [6.07, 6.45) is 0. The van der Waals surface area contributed by atoms with Crippen molar-refractivity contribution in [3.8, 4) is 15.5 Å². The number of ether oxygens (including phenoxy) is 1. The number of thiophene rings is 2. The fraction of sp³-hybridized carbons (Fsp3) is 0.182.